The molecule has 1 saturated heterocycles. The number of carbonyl (C=O) groups excluding carboxylic acids is 2. The molecule has 1 heterocycles. The van der Waals surface area contributed by atoms with E-state index >= 15 is 0 Å². The van der Waals surface area contributed by atoms with Crippen LogP contribution in [0.25, 0.3) is 0 Å². The Bertz CT molecular complexity index is 879. The number of nitrogens with zero attached hydrogens (tertiary/aromatic N) is 2. The van der Waals surface area contributed by atoms with Crippen LogP contribution in [0.3, 0.4) is 0 Å². The molecule has 166 valence electrons. The first-order valence-electron chi connectivity index (χ1n) is 10.6. The van der Waals surface area contributed by atoms with Gasteiger partial charge in [-0.2, -0.15) is 0 Å². The Morgan fingerprint density at radius 3 is 2.42 bits per heavy atom. The molecule has 1 atom stereocenters. The molecule has 0 bridgehead atoms. The summed E-state index contributed by atoms with van der Waals surface area (Å²) in [6.45, 7) is 7.47. The molecule has 1 unspecified atom stereocenters. The first-order valence-corrected chi connectivity index (χ1v) is 10.9. The first kappa shape index (κ1) is 23.3. The number of rotatable bonds is 7. The maximum atomic E-state index is 12.2. The van der Waals surface area contributed by atoms with Crippen molar-refractivity contribution in [1.82, 2.24) is 9.80 Å². The number of esters is 1. The number of hydrogen-bond acceptors (Lipinski definition) is 5. The third kappa shape index (κ3) is 6.79. The number of benzene rings is 2. The van der Waals surface area contributed by atoms with Gasteiger partial charge in [-0.15, -0.1) is 0 Å². The van der Waals surface area contributed by atoms with Gasteiger partial charge in [0.15, 0.2) is 0 Å². The molecule has 1 aliphatic heterocycles. The van der Waals surface area contributed by atoms with Crippen LogP contribution in [-0.4, -0.2) is 61.0 Å². The third-order valence-electron chi connectivity index (χ3n) is 5.31. The van der Waals surface area contributed by atoms with E-state index < -0.39 is 11.9 Å². The Labute approximate surface area is 188 Å². The van der Waals surface area contributed by atoms with Crippen molar-refractivity contribution in [3.05, 3.63) is 70.2 Å². The molecule has 1 fully saturated rings. The van der Waals surface area contributed by atoms with Gasteiger partial charge in [-0.1, -0.05) is 53.6 Å². The predicted molar refractivity (Wildman–Crippen MR) is 120 cm³/mol. The largest absolute Gasteiger partial charge is 0.459 e. The molecular weight excluding hydrogens is 416 g/mol. The number of amides is 1. The predicted octanol–water partition coefficient (Wildman–Crippen LogP) is 3.61. The molecule has 6 nitrogen and oxygen atoms in total. The lowest BCUT2D eigenvalue weighted by atomic mass is 10.1. The van der Waals surface area contributed by atoms with Gasteiger partial charge in [-0.05, 0) is 37.1 Å². The summed E-state index contributed by atoms with van der Waals surface area (Å²) in [5.74, 6) is -1.34. The average Bonchev–Trinajstić information content (AvgIpc) is 2.77. The zero-order valence-corrected chi connectivity index (χ0v) is 18.8. The number of ether oxygens (including phenoxy) is 2. The van der Waals surface area contributed by atoms with Gasteiger partial charge in [-0.3, -0.25) is 9.69 Å². The maximum Gasteiger partial charge on any atom is 0.397 e. The fraction of sp³-hybridized carbons (Fsp3) is 0.417. The van der Waals surface area contributed by atoms with Crippen molar-refractivity contribution in [2.24, 2.45) is 0 Å². The van der Waals surface area contributed by atoms with Crippen molar-refractivity contribution in [2.75, 3.05) is 39.3 Å². The summed E-state index contributed by atoms with van der Waals surface area (Å²) < 4.78 is 11.1. The van der Waals surface area contributed by atoms with Crippen LogP contribution < -0.4 is 0 Å². The molecule has 2 aromatic carbocycles. The fourth-order valence-electron chi connectivity index (χ4n) is 3.62. The summed E-state index contributed by atoms with van der Waals surface area (Å²) in [5, 5.41) is 0.687. The van der Waals surface area contributed by atoms with Gasteiger partial charge in [0.05, 0.1) is 19.3 Å². The molecule has 0 N–H and O–H groups in total. The Balaban J connectivity index is 1.61. The quantitative estimate of drug-likeness (QED) is 0.482. The molecule has 7 heteroatoms. The molecule has 1 aliphatic rings. The second-order valence-corrected chi connectivity index (χ2v) is 8.09. The standard InChI is InChI=1S/C24H29ClN2O4/c1-3-30-24(29)23(28)27-13-11-26(12-14-27)16-22(20-7-9-21(25)10-8-20)31-17-19-6-4-5-18(2)15-19/h4-10,15,22H,3,11-14,16-17H2,1-2H3. The molecule has 3 rings (SSSR count). The Morgan fingerprint density at radius 2 is 1.77 bits per heavy atom. The topological polar surface area (TPSA) is 59.1 Å². The number of hydrogen-bond donors (Lipinski definition) is 0. The van der Waals surface area contributed by atoms with Crippen LogP contribution in [0.4, 0.5) is 0 Å². The van der Waals surface area contributed by atoms with Crippen molar-refractivity contribution in [3.8, 4) is 0 Å². The Hall–Kier alpha value is -2.41. The van der Waals surface area contributed by atoms with E-state index in [0.29, 0.717) is 44.4 Å². The number of aryl methyl sites for hydroxylation is 1. The van der Waals surface area contributed by atoms with Crippen LogP contribution in [-0.2, 0) is 25.7 Å². The summed E-state index contributed by atoms with van der Waals surface area (Å²) in [7, 11) is 0. The fourth-order valence-corrected chi connectivity index (χ4v) is 3.75. The van der Waals surface area contributed by atoms with Gasteiger partial charge in [-0.25, -0.2) is 4.79 Å². The zero-order valence-electron chi connectivity index (χ0n) is 18.1. The van der Waals surface area contributed by atoms with E-state index in [1.165, 1.54) is 5.56 Å². The van der Waals surface area contributed by atoms with Crippen LogP contribution >= 0.6 is 11.6 Å². The molecule has 0 aromatic heterocycles. The van der Waals surface area contributed by atoms with Gasteiger partial charge in [0, 0.05) is 37.7 Å². The molecular formula is C24H29ClN2O4. The first-order chi connectivity index (χ1) is 15.0. The van der Waals surface area contributed by atoms with Crippen LogP contribution in [0.15, 0.2) is 48.5 Å². The minimum absolute atomic E-state index is 0.134. The van der Waals surface area contributed by atoms with Gasteiger partial charge < -0.3 is 14.4 Å². The van der Waals surface area contributed by atoms with Gasteiger partial charge >= 0.3 is 11.9 Å². The number of piperazine rings is 1. The molecule has 0 radical (unpaired) electrons. The lowest BCUT2D eigenvalue weighted by molar-refractivity contribution is -0.160. The minimum Gasteiger partial charge on any atom is -0.459 e. The highest BCUT2D eigenvalue weighted by Gasteiger charge is 2.28. The van der Waals surface area contributed by atoms with Crippen molar-refractivity contribution >= 4 is 23.5 Å². The van der Waals surface area contributed by atoms with Crippen molar-refractivity contribution in [1.29, 1.82) is 0 Å². The summed E-state index contributed by atoms with van der Waals surface area (Å²) in [5.41, 5.74) is 3.39. The number of carbonyl (C=O) groups is 2. The number of halogens is 1. The second-order valence-electron chi connectivity index (χ2n) is 7.65. The minimum atomic E-state index is -0.781. The van der Waals surface area contributed by atoms with Crippen molar-refractivity contribution < 1.29 is 19.1 Å². The highest BCUT2D eigenvalue weighted by molar-refractivity contribution is 6.32. The third-order valence-corrected chi connectivity index (χ3v) is 5.56. The highest BCUT2D eigenvalue weighted by Crippen LogP contribution is 2.23. The van der Waals surface area contributed by atoms with E-state index in [4.69, 9.17) is 21.1 Å². The highest BCUT2D eigenvalue weighted by atomic mass is 35.5. The molecule has 1 amide bonds. The van der Waals surface area contributed by atoms with E-state index in [0.717, 1.165) is 11.1 Å². The molecule has 2 aromatic rings. The molecule has 0 aliphatic carbocycles. The van der Waals surface area contributed by atoms with E-state index in [9.17, 15) is 9.59 Å². The molecule has 0 spiro atoms. The lowest BCUT2D eigenvalue weighted by Crippen LogP contribution is -2.51. The van der Waals surface area contributed by atoms with Gasteiger partial charge in [0.25, 0.3) is 0 Å². The molecule has 0 saturated carbocycles. The van der Waals surface area contributed by atoms with Crippen LogP contribution in [0.2, 0.25) is 5.02 Å². The summed E-state index contributed by atoms with van der Waals surface area (Å²) >= 11 is 6.07. The van der Waals surface area contributed by atoms with Gasteiger partial charge in [0.2, 0.25) is 0 Å². The van der Waals surface area contributed by atoms with E-state index in [1.807, 2.05) is 30.3 Å². The van der Waals surface area contributed by atoms with Crippen molar-refractivity contribution in [2.45, 2.75) is 26.6 Å². The van der Waals surface area contributed by atoms with E-state index in [1.54, 1.807) is 11.8 Å². The van der Waals surface area contributed by atoms with E-state index in [-0.39, 0.29) is 12.7 Å². The Kier molecular flexibility index (Phi) is 8.46. The summed E-state index contributed by atoms with van der Waals surface area (Å²) in [6.07, 6.45) is -0.134. The van der Waals surface area contributed by atoms with Crippen LogP contribution in [0.1, 0.15) is 29.7 Å². The van der Waals surface area contributed by atoms with Gasteiger partial charge in [0.1, 0.15) is 0 Å². The smallest absolute Gasteiger partial charge is 0.397 e. The lowest BCUT2D eigenvalue weighted by Gasteiger charge is -2.36. The normalized spacial score (nSPS) is 15.5. The second kappa shape index (κ2) is 11.3. The van der Waals surface area contributed by atoms with Crippen LogP contribution in [0.5, 0.6) is 0 Å². The van der Waals surface area contributed by atoms with Crippen molar-refractivity contribution in [3.63, 3.8) is 0 Å². The average molecular weight is 445 g/mol. The zero-order chi connectivity index (χ0) is 22.2. The maximum absolute atomic E-state index is 12.2. The SMILES string of the molecule is CCOC(=O)C(=O)N1CCN(CC(OCc2cccc(C)c2)c2ccc(Cl)cc2)CC1. The summed E-state index contributed by atoms with van der Waals surface area (Å²) in [6, 6.07) is 16.0. The van der Waals surface area contributed by atoms with E-state index in [2.05, 4.69) is 30.0 Å². The van der Waals surface area contributed by atoms with Crippen LogP contribution in [0, 0.1) is 6.92 Å². The monoisotopic (exact) mass is 444 g/mol. The Morgan fingerprint density at radius 1 is 1.06 bits per heavy atom. The summed E-state index contributed by atoms with van der Waals surface area (Å²) in [4.78, 5) is 27.7. The molecule has 31 heavy (non-hydrogen) atoms.